The van der Waals surface area contributed by atoms with Crippen molar-refractivity contribution in [2.75, 3.05) is 6.54 Å². The van der Waals surface area contributed by atoms with Crippen molar-refractivity contribution in [3.05, 3.63) is 41.1 Å². The maximum absolute atomic E-state index is 13.0. The summed E-state index contributed by atoms with van der Waals surface area (Å²) in [5.74, 6) is 1.71. The summed E-state index contributed by atoms with van der Waals surface area (Å²) in [6, 6.07) is 2.13. The fourth-order valence-electron chi connectivity index (χ4n) is 3.45. The number of nitrogens with zero attached hydrogens (tertiary/aromatic N) is 3. The third-order valence-corrected chi connectivity index (χ3v) is 4.56. The fraction of sp³-hybridized carbons (Fsp3) is 0.529. The van der Waals surface area contributed by atoms with E-state index in [0.29, 0.717) is 0 Å². The number of amides is 1. The van der Waals surface area contributed by atoms with Gasteiger partial charge >= 0.3 is 0 Å². The van der Waals surface area contributed by atoms with Gasteiger partial charge in [-0.1, -0.05) is 0 Å². The smallest absolute Gasteiger partial charge is 0.230 e. The number of aromatic nitrogens is 2. The number of furan rings is 1. The molecule has 5 heteroatoms. The normalized spacial score (nSPS) is 19.6. The van der Waals surface area contributed by atoms with Gasteiger partial charge in [-0.2, -0.15) is 5.10 Å². The average molecular weight is 301 g/mol. The van der Waals surface area contributed by atoms with Crippen LogP contribution in [0, 0.1) is 13.8 Å². The molecule has 0 radical (unpaired) electrons. The van der Waals surface area contributed by atoms with E-state index in [-0.39, 0.29) is 17.9 Å². The van der Waals surface area contributed by atoms with Crippen LogP contribution in [0.2, 0.25) is 0 Å². The van der Waals surface area contributed by atoms with Crippen molar-refractivity contribution < 1.29 is 9.21 Å². The zero-order chi connectivity index (χ0) is 15.9. The lowest BCUT2D eigenvalue weighted by Gasteiger charge is -2.27. The zero-order valence-electron chi connectivity index (χ0n) is 13.7. The average Bonchev–Trinajstić information content (AvgIpc) is 3.17. The van der Waals surface area contributed by atoms with Gasteiger partial charge in [0.15, 0.2) is 0 Å². The maximum Gasteiger partial charge on any atom is 0.230 e. The molecule has 0 saturated carbocycles. The molecule has 2 atom stereocenters. The third-order valence-electron chi connectivity index (χ3n) is 4.56. The molecule has 1 aliphatic rings. The Morgan fingerprint density at radius 2 is 2.23 bits per heavy atom. The molecule has 0 aromatic carbocycles. The summed E-state index contributed by atoms with van der Waals surface area (Å²) in [5, 5.41) is 4.24. The Balaban J connectivity index is 1.83. The van der Waals surface area contributed by atoms with Crippen LogP contribution in [0.4, 0.5) is 0 Å². The van der Waals surface area contributed by atoms with Crippen LogP contribution in [0.25, 0.3) is 0 Å². The zero-order valence-corrected chi connectivity index (χ0v) is 13.7. The molecule has 1 aliphatic heterocycles. The van der Waals surface area contributed by atoms with Crippen molar-refractivity contribution in [1.29, 1.82) is 0 Å². The van der Waals surface area contributed by atoms with E-state index >= 15 is 0 Å². The molecule has 22 heavy (non-hydrogen) atoms. The van der Waals surface area contributed by atoms with Crippen molar-refractivity contribution >= 4 is 5.91 Å². The second-order valence-corrected chi connectivity index (χ2v) is 6.23. The molecule has 3 heterocycles. The predicted molar refractivity (Wildman–Crippen MR) is 83.5 cm³/mol. The van der Waals surface area contributed by atoms with Crippen molar-refractivity contribution in [3.63, 3.8) is 0 Å². The van der Waals surface area contributed by atoms with Gasteiger partial charge in [0.05, 0.1) is 18.2 Å². The van der Waals surface area contributed by atoms with Gasteiger partial charge < -0.3 is 9.32 Å². The molecule has 0 aliphatic carbocycles. The molecule has 0 bridgehead atoms. The van der Waals surface area contributed by atoms with Crippen LogP contribution in [0.3, 0.4) is 0 Å². The van der Waals surface area contributed by atoms with Gasteiger partial charge in [-0.15, -0.1) is 0 Å². The van der Waals surface area contributed by atoms with E-state index in [1.807, 2.05) is 51.2 Å². The maximum atomic E-state index is 13.0. The molecule has 3 rings (SSSR count). The van der Waals surface area contributed by atoms with E-state index in [0.717, 1.165) is 42.0 Å². The molecule has 0 N–H and O–H groups in total. The first-order valence-electron chi connectivity index (χ1n) is 7.83. The van der Waals surface area contributed by atoms with Crippen LogP contribution in [0.5, 0.6) is 0 Å². The van der Waals surface area contributed by atoms with Gasteiger partial charge in [0, 0.05) is 30.9 Å². The summed E-state index contributed by atoms with van der Waals surface area (Å²) in [4.78, 5) is 15.0. The summed E-state index contributed by atoms with van der Waals surface area (Å²) in [7, 11) is 1.91. The minimum atomic E-state index is -0.172. The second kappa shape index (κ2) is 5.63. The van der Waals surface area contributed by atoms with Crippen molar-refractivity contribution in [3.8, 4) is 0 Å². The van der Waals surface area contributed by atoms with E-state index in [4.69, 9.17) is 4.42 Å². The van der Waals surface area contributed by atoms with Crippen molar-refractivity contribution in [2.24, 2.45) is 7.05 Å². The lowest BCUT2D eigenvalue weighted by atomic mass is 9.99. The molecular weight excluding hydrogens is 278 g/mol. The standard InChI is InChI=1S/C17H23N3O2/c1-11-8-15(13(3)22-11)12(2)17(21)20-7-5-6-16(20)14-9-18-19(4)10-14/h8-10,12,16H,5-7H2,1-4H3/t12-,16-/m1/s1. The number of carbonyl (C=O) groups excluding carboxylic acids is 1. The monoisotopic (exact) mass is 301 g/mol. The van der Waals surface area contributed by atoms with Gasteiger partial charge in [0.25, 0.3) is 0 Å². The highest BCUT2D eigenvalue weighted by Gasteiger charge is 2.34. The first-order valence-corrected chi connectivity index (χ1v) is 7.83. The summed E-state index contributed by atoms with van der Waals surface area (Å²) in [6.07, 6.45) is 5.93. The van der Waals surface area contributed by atoms with Crippen LogP contribution in [-0.4, -0.2) is 27.1 Å². The van der Waals surface area contributed by atoms with E-state index in [1.54, 1.807) is 4.68 Å². The summed E-state index contributed by atoms with van der Waals surface area (Å²) in [5.41, 5.74) is 2.12. The molecule has 0 unspecified atom stereocenters. The van der Waals surface area contributed by atoms with E-state index < -0.39 is 0 Å². The van der Waals surface area contributed by atoms with Crippen molar-refractivity contribution in [2.45, 2.75) is 45.6 Å². The lowest BCUT2D eigenvalue weighted by molar-refractivity contribution is -0.133. The quantitative estimate of drug-likeness (QED) is 0.875. The Morgan fingerprint density at radius 1 is 1.45 bits per heavy atom. The van der Waals surface area contributed by atoms with E-state index in [1.165, 1.54) is 0 Å². The molecule has 118 valence electrons. The van der Waals surface area contributed by atoms with Crippen LogP contribution in [-0.2, 0) is 11.8 Å². The summed E-state index contributed by atoms with van der Waals surface area (Å²) in [6.45, 7) is 6.63. The summed E-state index contributed by atoms with van der Waals surface area (Å²) < 4.78 is 7.37. The Morgan fingerprint density at radius 3 is 2.82 bits per heavy atom. The van der Waals surface area contributed by atoms with Crippen molar-refractivity contribution in [1.82, 2.24) is 14.7 Å². The van der Waals surface area contributed by atoms with Gasteiger partial charge in [0.2, 0.25) is 5.91 Å². The number of rotatable bonds is 3. The topological polar surface area (TPSA) is 51.3 Å². The Kier molecular flexibility index (Phi) is 3.81. The number of carbonyl (C=O) groups is 1. The molecule has 5 nitrogen and oxygen atoms in total. The van der Waals surface area contributed by atoms with Gasteiger partial charge in [-0.3, -0.25) is 9.48 Å². The third kappa shape index (κ3) is 2.56. The van der Waals surface area contributed by atoms with E-state index in [9.17, 15) is 4.79 Å². The molecule has 2 aromatic heterocycles. The lowest BCUT2D eigenvalue weighted by Crippen LogP contribution is -2.33. The molecule has 0 spiro atoms. The summed E-state index contributed by atoms with van der Waals surface area (Å²) >= 11 is 0. The number of hydrogen-bond donors (Lipinski definition) is 0. The number of aryl methyl sites for hydroxylation is 3. The van der Waals surface area contributed by atoms with Gasteiger partial charge in [-0.25, -0.2) is 0 Å². The molecular formula is C17H23N3O2. The van der Waals surface area contributed by atoms with Crippen LogP contribution < -0.4 is 0 Å². The first kappa shape index (κ1) is 14.9. The molecule has 1 fully saturated rings. The van der Waals surface area contributed by atoms with Gasteiger partial charge in [0.1, 0.15) is 11.5 Å². The number of hydrogen-bond acceptors (Lipinski definition) is 3. The Labute approximate surface area is 130 Å². The van der Waals surface area contributed by atoms with Gasteiger partial charge in [-0.05, 0) is 39.7 Å². The van der Waals surface area contributed by atoms with E-state index in [2.05, 4.69) is 5.10 Å². The highest BCUT2D eigenvalue weighted by atomic mass is 16.3. The highest BCUT2D eigenvalue weighted by Crippen LogP contribution is 2.35. The van der Waals surface area contributed by atoms with Crippen LogP contribution in [0.1, 0.15) is 54.4 Å². The molecule has 2 aromatic rings. The first-order chi connectivity index (χ1) is 10.5. The fourth-order valence-corrected chi connectivity index (χ4v) is 3.45. The minimum absolute atomic E-state index is 0.150. The van der Waals surface area contributed by atoms with Crippen LogP contribution >= 0.6 is 0 Å². The number of likely N-dealkylation sites (tertiary alicyclic amines) is 1. The Hall–Kier alpha value is -2.04. The predicted octanol–water partition coefficient (Wildman–Crippen LogP) is 3.10. The largest absolute Gasteiger partial charge is 0.466 e. The molecule has 1 saturated heterocycles. The van der Waals surface area contributed by atoms with Crippen LogP contribution in [0.15, 0.2) is 22.9 Å². The highest BCUT2D eigenvalue weighted by molar-refractivity contribution is 5.84. The Bertz CT molecular complexity index is 686. The molecule has 1 amide bonds. The SMILES string of the molecule is Cc1cc([C@@H](C)C(=O)N2CCC[C@@H]2c2cnn(C)c2)c(C)o1. The second-order valence-electron chi connectivity index (χ2n) is 6.23. The minimum Gasteiger partial charge on any atom is -0.466 e.